The van der Waals surface area contributed by atoms with Crippen LogP contribution in [0.1, 0.15) is 21.5 Å². The van der Waals surface area contributed by atoms with Gasteiger partial charge in [-0.1, -0.05) is 29.3 Å². The van der Waals surface area contributed by atoms with Gasteiger partial charge < -0.3 is 15.5 Å². The molecule has 0 spiro atoms. The number of carboxylic acids is 1. The van der Waals surface area contributed by atoms with Crippen molar-refractivity contribution in [1.82, 2.24) is 0 Å². The fourth-order valence-corrected chi connectivity index (χ4v) is 2.05. The number of phenolic OH excluding ortho intramolecular Hbond substituents is 1. The Balaban J connectivity index is 2.17. The first-order valence-corrected chi connectivity index (χ1v) is 6.40. The number of carbonyl (C=O) groups is 1. The predicted octanol–water partition coefficient (Wildman–Crippen LogP) is 3.66. The molecule has 4 nitrogen and oxygen atoms in total. The number of aryl methyl sites for hydroxylation is 1. The molecule has 0 aromatic heterocycles. The number of phenols is 1. The highest BCUT2D eigenvalue weighted by atomic mass is 35.5. The summed E-state index contributed by atoms with van der Waals surface area (Å²) in [6.07, 6.45) is 0. The molecule has 0 saturated carbocycles. The Morgan fingerprint density at radius 2 is 2.00 bits per heavy atom. The molecule has 20 heavy (non-hydrogen) atoms. The summed E-state index contributed by atoms with van der Waals surface area (Å²) in [6.45, 7) is 2.34. The van der Waals surface area contributed by atoms with Crippen molar-refractivity contribution >= 4 is 23.3 Å². The average Bonchev–Trinajstić information content (AvgIpc) is 2.41. The van der Waals surface area contributed by atoms with E-state index in [1.807, 2.05) is 19.1 Å². The minimum Gasteiger partial charge on any atom is -0.508 e. The van der Waals surface area contributed by atoms with Gasteiger partial charge in [0.25, 0.3) is 0 Å². The Bertz CT molecular complexity index is 656. The lowest BCUT2D eigenvalue weighted by molar-refractivity contribution is 0.0697. The van der Waals surface area contributed by atoms with Gasteiger partial charge in [-0.05, 0) is 31.2 Å². The number of aromatic hydroxyl groups is 1. The van der Waals surface area contributed by atoms with Crippen LogP contribution in [0.3, 0.4) is 0 Å². The Kier molecular flexibility index (Phi) is 4.15. The van der Waals surface area contributed by atoms with E-state index in [1.165, 1.54) is 12.1 Å². The minimum absolute atomic E-state index is 0.0464. The SMILES string of the molecule is Cc1ccc(O)c(CNc2ccc(Cl)c(C(=O)O)c2)c1. The summed E-state index contributed by atoms with van der Waals surface area (Å²) in [4.78, 5) is 11.0. The molecule has 3 N–H and O–H groups in total. The number of carboxylic acid groups (broad SMARTS) is 1. The van der Waals surface area contributed by atoms with E-state index in [0.717, 1.165) is 11.1 Å². The molecular formula is C15H14ClNO3. The molecule has 0 aliphatic carbocycles. The molecule has 2 aromatic rings. The molecule has 5 heteroatoms. The van der Waals surface area contributed by atoms with Gasteiger partial charge >= 0.3 is 5.97 Å². The van der Waals surface area contributed by atoms with E-state index in [-0.39, 0.29) is 16.3 Å². The van der Waals surface area contributed by atoms with Crippen molar-refractivity contribution in [3.8, 4) is 5.75 Å². The average molecular weight is 292 g/mol. The molecule has 104 valence electrons. The van der Waals surface area contributed by atoms with Crippen molar-refractivity contribution in [3.63, 3.8) is 0 Å². The summed E-state index contributed by atoms with van der Waals surface area (Å²) >= 11 is 5.81. The first-order valence-electron chi connectivity index (χ1n) is 6.02. The van der Waals surface area contributed by atoms with Gasteiger partial charge in [0.1, 0.15) is 5.75 Å². The lowest BCUT2D eigenvalue weighted by Crippen LogP contribution is -2.03. The first-order chi connectivity index (χ1) is 9.47. The molecule has 0 heterocycles. The Morgan fingerprint density at radius 1 is 1.25 bits per heavy atom. The van der Waals surface area contributed by atoms with E-state index in [4.69, 9.17) is 16.7 Å². The molecule has 2 rings (SSSR count). The second-order valence-electron chi connectivity index (χ2n) is 4.49. The lowest BCUT2D eigenvalue weighted by atomic mass is 10.1. The van der Waals surface area contributed by atoms with Crippen molar-refractivity contribution in [3.05, 3.63) is 58.1 Å². The quantitative estimate of drug-likeness (QED) is 0.804. The van der Waals surface area contributed by atoms with Crippen LogP contribution in [0, 0.1) is 6.92 Å². The molecule has 0 saturated heterocycles. The fourth-order valence-electron chi connectivity index (χ4n) is 1.85. The van der Waals surface area contributed by atoms with Gasteiger partial charge in [-0.3, -0.25) is 0 Å². The van der Waals surface area contributed by atoms with Gasteiger partial charge in [0, 0.05) is 17.8 Å². The van der Waals surface area contributed by atoms with E-state index in [1.54, 1.807) is 12.1 Å². The second-order valence-corrected chi connectivity index (χ2v) is 4.89. The van der Waals surface area contributed by atoms with Crippen LogP contribution in [-0.4, -0.2) is 16.2 Å². The zero-order valence-electron chi connectivity index (χ0n) is 10.9. The number of aromatic carboxylic acids is 1. The maximum atomic E-state index is 11.0. The van der Waals surface area contributed by atoms with Crippen molar-refractivity contribution < 1.29 is 15.0 Å². The number of nitrogens with one attached hydrogen (secondary N) is 1. The lowest BCUT2D eigenvalue weighted by Gasteiger charge is -2.10. The van der Waals surface area contributed by atoms with Crippen molar-refractivity contribution in [2.75, 3.05) is 5.32 Å². The largest absolute Gasteiger partial charge is 0.508 e. The van der Waals surface area contributed by atoms with E-state index in [0.29, 0.717) is 12.2 Å². The second kappa shape index (κ2) is 5.84. The van der Waals surface area contributed by atoms with E-state index >= 15 is 0 Å². The predicted molar refractivity (Wildman–Crippen MR) is 78.6 cm³/mol. The summed E-state index contributed by atoms with van der Waals surface area (Å²) in [5.41, 5.74) is 2.47. The number of anilines is 1. The Hall–Kier alpha value is -2.20. The van der Waals surface area contributed by atoms with Crippen LogP contribution in [0.5, 0.6) is 5.75 Å². The standard InChI is InChI=1S/C15H14ClNO3/c1-9-2-5-14(18)10(6-9)8-17-11-3-4-13(16)12(7-11)15(19)20/h2-7,17-18H,8H2,1H3,(H,19,20). The van der Waals surface area contributed by atoms with Crippen molar-refractivity contribution in [2.24, 2.45) is 0 Å². The normalized spacial score (nSPS) is 10.3. The van der Waals surface area contributed by atoms with Crippen LogP contribution in [0.4, 0.5) is 5.69 Å². The minimum atomic E-state index is -1.07. The molecule has 0 fully saturated rings. The molecule has 2 aromatic carbocycles. The van der Waals surface area contributed by atoms with E-state index < -0.39 is 5.97 Å². The fraction of sp³-hybridized carbons (Fsp3) is 0.133. The van der Waals surface area contributed by atoms with Gasteiger partial charge in [0.15, 0.2) is 0 Å². The highest BCUT2D eigenvalue weighted by molar-refractivity contribution is 6.33. The van der Waals surface area contributed by atoms with Gasteiger partial charge in [0.05, 0.1) is 10.6 Å². The topological polar surface area (TPSA) is 69.6 Å². The summed E-state index contributed by atoms with van der Waals surface area (Å²) < 4.78 is 0. The van der Waals surface area contributed by atoms with Crippen LogP contribution in [0.25, 0.3) is 0 Å². The van der Waals surface area contributed by atoms with Gasteiger partial charge in [0.2, 0.25) is 0 Å². The van der Waals surface area contributed by atoms with Gasteiger partial charge in [-0.25, -0.2) is 4.79 Å². The molecular weight excluding hydrogens is 278 g/mol. The van der Waals surface area contributed by atoms with Crippen LogP contribution in [-0.2, 0) is 6.54 Å². The molecule has 0 atom stereocenters. The molecule has 0 amide bonds. The van der Waals surface area contributed by atoms with Crippen LogP contribution in [0.2, 0.25) is 5.02 Å². The first kappa shape index (κ1) is 14.2. The molecule has 0 unspecified atom stereocenters. The third-order valence-corrected chi connectivity index (χ3v) is 3.24. The smallest absolute Gasteiger partial charge is 0.337 e. The van der Waals surface area contributed by atoms with E-state index in [9.17, 15) is 9.90 Å². The zero-order valence-corrected chi connectivity index (χ0v) is 11.6. The molecule has 0 radical (unpaired) electrons. The number of benzene rings is 2. The summed E-state index contributed by atoms with van der Waals surface area (Å²) in [7, 11) is 0. The maximum Gasteiger partial charge on any atom is 0.337 e. The van der Waals surface area contributed by atoms with Crippen molar-refractivity contribution in [2.45, 2.75) is 13.5 Å². The number of hydrogen-bond acceptors (Lipinski definition) is 3. The van der Waals surface area contributed by atoms with Gasteiger partial charge in [-0.15, -0.1) is 0 Å². The van der Waals surface area contributed by atoms with Crippen LogP contribution >= 0.6 is 11.6 Å². The molecule has 0 aliphatic rings. The van der Waals surface area contributed by atoms with Crippen molar-refractivity contribution in [1.29, 1.82) is 0 Å². The highest BCUT2D eigenvalue weighted by Gasteiger charge is 2.09. The maximum absolute atomic E-state index is 11.0. The molecule has 0 aliphatic heterocycles. The van der Waals surface area contributed by atoms with Crippen LogP contribution in [0.15, 0.2) is 36.4 Å². The summed E-state index contributed by atoms with van der Waals surface area (Å²) in [5, 5.41) is 22.0. The molecule has 0 bridgehead atoms. The summed E-state index contributed by atoms with van der Waals surface area (Å²) in [5.74, 6) is -0.868. The third kappa shape index (κ3) is 3.22. The third-order valence-electron chi connectivity index (χ3n) is 2.91. The summed E-state index contributed by atoms with van der Waals surface area (Å²) in [6, 6.07) is 10.0. The number of halogens is 1. The Morgan fingerprint density at radius 3 is 2.70 bits per heavy atom. The van der Waals surface area contributed by atoms with Crippen LogP contribution < -0.4 is 5.32 Å². The number of rotatable bonds is 4. The van der Waals surface area contributed by atoms with Gasteiger partial charge in [-0.2, -0.15) is 0 Å². The zero-order chi connectivity index (χ0) is 14.7. The number of hydrogen-bond donors (Lipinski definition) is 3. The highest BCUT2D eigenvalue weighted by Crippen LogP contribution is 2.23. The van der Waals surface area contributed by atoms with E-state index in [2.05, 4.69) is 5.32 Å². The monoisotopic (exact) mass is 291 g/mol. The Labute approximate surface area is 121 Å².